The Morgan fingerprint density at radius 3 is 2.03 bits per heavy atom. The van der Waals surface area contributed by atoms with Crippen molar-refractivity contribution in [3.63, 3.8) is 0 Å². The highest BCUT2D eigenvalue weighted by Crippen LogP contribution is 2.46. The zero-order valence-corrected chi connectivity index (χ0v) is 19.9. The quantitative estimate of drug-likeness (QED) is 0.288. The van der Waals surface area contributed by atoms with Gasteiger partial charge in [0.05, 0.1) is 0 Å². The minimum Gasteiger partial charge on any atom is -0.204 e. The van der Waals surface area contributed by atoms with E-state index in [1.54, 1.807) is 0 Å². The number of hydrogen-bond donors (Lipinski definition) is 0. The lowest BCUT2D eigenvalue weighted by atomic mass is 9.67. The van der Waals surface area contributed by atoms with Crippen LogP contribution in [0.15, 0.2) is 48.6 Å². The third-order valence-electron chi connectivity index (χ3n) is 8.43. The molecule has 0 atom stereocenters. The molecular formula is C30H37F3. The summed E-state index contributed by atoms with van der Waals surface area (Å²) in [5.74, 6) is -0.722. The van der Waals surface area contributed by atoms with Crippen LogP contribution in [0.3, 0.4) is 0 Å². The van der Waals surface area contributed by atoms with Crippen molar-refractivity contribution < 1.29 is 13.2 Å². The Morgan fingerprint density at radius 2 is 1.42 bits per heavy atom. The van der Waals surface area contributed by atoms with E-state index in [0.29, 0.717) is 11.5 Å². The molecule has 3 heteroatoms. The Kier molecular flexibility index (Phi) is 7.98. The van der Waals surface area contributed by atoms with Crippen LogP contribution in [0.5, 0.6) is 0 Å². The maximum atomic E-state index is 13.9. The summed E-state index contributed by atoms with van der Waals surface area (Å²) in [4.78, 5) is 0. The zero-order valence-electron chi connectivity index (χ0n) is 19.9. The van der Waals surface area contributed by atoms with Crippen molar-refractivity contribution in [2.75, 3.05) is 0 Å². The molecule has 0 unspecified atom stereocenters. The van der Waals surface area contributed by atoms with Crippen molar-refractivity contribution in [3.8, 4) is 11.1 Å². The van der Waals surface area contributed by atoms with Gasteiger partial charge in [0.2, 0.25) is 0 Å². The lowest BCUT2D eigenvalue weighted by Crippen LogP contribution is -2.25. The van der Waals surface area contributed by atoms with Crippen LogP contribution in [-0.2, 0) is 0 Å². The fraction of sp³-hybridized carbons (Fsp3) is 0.533. The highest BCUT2D eigenvalue weighted by Gasteiger charge is 2.32. The highest BCUT2D eigenvalue weighted by atomic mass is 19.2. The highest BCUT2D eigenvalue weighted by molar-refractivity contribution is 5.68. The molecule has 2 fully saturated rings. The Hall–Kier alpha value is -2.03. The molecule has 0 heterocycles. The molecule has 2 saturated carbocycles. The topological polar surface area (TPSA) is 0 Å². The van der Waals surface area contributed by atoms with E-state index in [-0.39, 0.29) is 0 Å². The Labute approximate surface area is 197 Å². The second-order valence-electron chi connectivity index (χ2n) is 10.4. The van der Waals surface area contributed by atoms with Crippen LogP contribution < -0.4 is 0 Å². The lowest BCUT2D eigenvalue weighted by molar-refractivity contribution is 0.157. The average Bonchev–Trinajstić information content (AvgIpc) is 2.86. The monoisotopic (exact) mass is 454 g/mol. The third-order valence-corrected chi connectivity index (χ3v) is 8.43. The van der Waals surface area contributed by atoms with Crippen LogP contribution in [0, 0.1) is 35.2 Å². The van der Waals surface area contributed by atoms with Crippen molar-refractivity contribution in [2.24, 2.45) is 17.8 Å². The summed E-state index contributed by atoms with van der Waals surface area (Å²) < 4.78 is 41.2. The van der Waals surface area contributed by atoms with Crippen LogP contribution in [0.2, 0.25) is 0 Å². The summed E-state index contributed by atoms with van der Waals surface area (Å²) in [6, 6.07) is 10.1. The maximum Gasteiger partial charge on any atom is 0.194 e. The predicted octanol–water partition coefficient (Wildman–Crippen LogP) is 9.60. The molecular weight excluding hydrogens is 417 g/mol. The minimum atomic E-state index is -1.40. The van der Waals surface area contributed by atoms with Gasteiger partial charge in [-0.3, -0.25) is 0 Å². The van der Waals surface area contributed by atoms with Crippen LogP contribution in [0.4, 0.5) is 13.2 Å². The van der Waals surface area contributed by atoms with Gasteiger partial charge in [0.1, 0.15) is 0 Å². The van der Waals surface area contributed by atoms with E-state index in [1.807, 2.05) is 18.2 Å². The SMILES string of the molecule is C=C(CC)CCC1CCC(C2CCC(c3ccccc3-c3cc(F)c(F)c(F)c3)CC2)CC1. The average molecular weight is 455 g/mol. The van der Waals surface area contributed by atoms with E-state index in [2.05, 4.69) is 19.6 Å². The van der Waals surface area contributed by atoms with E-state index < -0.39 is 17.5 Å². The second kappa shape index (κ2) is 10.9. The normalized spacial score (nSPS) is 25.7. The van der Waals surface area contributed by atoms with Crippen LogP contribution >= 0.6 is 0 Å². The Bertz CT molecular complexity index is 924. The number of hydrogen-bond acceptors (Lipinski definition) is 0. The molecule has 33 heavy (non-hydrogen) atoms. The zero-order chi connectivity index (χ0) is 23.4. The van der Waals surface area contributed by atoms with E-state index in [4.69, 9.17) is 0 Å². The van der Waals surface area contributed by atoms with Crippen LogP contribution in [-0.4, -0.2) is 0 Å². The number of halogens is 3. The molecule has 2 aromatic rings. The van der Waals surface area contributed by atoms with Gasteiger partial charge in [-0.25, -0.2) is 13.2 Å². The van der Waals surface area contributed by atoms with Gasteiger partial charge in [-0.15, -0.1) is 0 Å². The van der Waals surface area contributed by atoms with Gasteiger partial charge >= 0.3 is 0 Å². The fourth-order valence-electron chi connectivity index (χ4n) is 6.26. The Morgan fingerprint density at radius 1 is 0.848 bits per heavy atom. The summed E-state index contributed by atoms with van der Waals surface area (Å²) in [5, 5.41) is 0. The Balaban J connectivity index is 1.35. The molecule has 0 nitrogen and oxygen atoms in total. The third kappa shape index (κ3) is 5.73. The van der Waals surface area contributed by atoms with Gasteiger partial charge < -0.3 is 0 Å². The first-order valence-corrected chi connectivity index (χ1v) is 12.9. The van der Waals surface area contributed by atoms with Crippen LogP contribution in [0.1, 0.15) is 89.0 Å². The molecule has 0 radical (unpaired) electrons. The summed E-state index contributed by atoms with van der Waals surface area (Å²) >= 11 is 0. The molecule has 2 aromatic carbocycles. The minimum absolute atomic E-state index is 0.394. The molecule has 0 aliphatic heterocycles. The number of benzene rings is 2. The molecule has 178 valence electrons. The number of allylic oxidation sites excluding steroid dienone is 1. The largest absolute Gasteiger partial charge is 0.204 e. The van der Waals surface area contributed by atoms with E-state index in [0.717, 1.165) is 60.3 Å². The van der Waals surface area contributed by atoms with Crippen molar-refractivity contribution in [1.82, 2.24) is 0 Å². The van der Waals surface area contributed by atoms with Crippen molar-refractivity contribution in [2.45, 2.75) is 83.5 Å². The molecule has 4 rings (SSSR count). The first-order chi connectivity index (χ1) is 16.0. The van der Waals surface area contributed by atoms with Gasteiger partial charge in [-0.05, 0) is 110 Å². The summed E-state index contributed by atoms with van der Waals surface area (Å²) in [7, 11) is 0. The van der Waals surface area contributed by atoms with Crippen molar-refractivity contribution >= 4 is 0 Å². The van der Waals surface area contributed by atoms with Gasteiger partial charge in [0, 0.05) is 0 Å². The molecule has 0 aromatic heterocycles. The van der Waals surface area contributed by atoms with E-state index >= 15 is 0 Å². The molecule has 0 bridgehead atoms. The first-order valence-electron chi connectivity index (χ1n) is 12.9. The molecule has 2 aliphatic rings. The molecule has 0 amide bonds. The number of rotatable bonds is 7. The smallest absolute Gasteiger partial charge is 0.194 e. The molecule has 0 spiro atoms. The second-order valence-corrected chi connectivity index (χ2v) is 10.4. The van der Waals surface area contributed by atoms with Gasteiger partial charge in [0.15, 0.2) is 17.5 Å². The first kappa shape index (κ1) is 24.1. The van der Waals surface area contributed by atoms with Gasteiger partial charge in [0.25, 0.3) is 0 Å². The molecule has 0 N–H and O–H groups in total. The summed E-state index contributed by atoms with van der Waals surface area (Å²) in [6.07, 6.45) is 13.8. The lowest BCUT2D eigenvalue weighted by Gasteiger charge is -2.38. The molecule has 2 aliphatic carbocycles. The van der Waals surface area contributed by atoms with Crippen molar-refractivity contribution in [1.29, 1.82) is 0 Å². The summed E-state index contributed by atoms with van der Waals surface area (Å²) in [5.41, 5.74) is 3.78. The van der Waals surface area contributed by atoms with E-state index in [9.17, 15) is 13.2 Å². The van der Waals surface area contributed by atoms with Gasteiger partial charge in [-0.2, -0.15) is 0 Å². The standard InChI is InChI=1S/C30H37F3/c1-3-20(2)8-9-21-10-12-22(13-11-21)23-14-16-24(17-15-23)26-6-4-5-7-27(26)25-18-28(31)30(33)29(32)19-25/h4-7,18-19,21-24H,2-3,8-17H2,1H3. The van der Waals surface area contributed by atoms with Gasteiger partial charge in [-0.1, -0.05) is 56.2 Å². The van der Waals surface area contributed by atoms with Crippen LogP contribution in [0.25, 0.3) is 11.1 Å². The molecule has 0 saturated heterocycles. The maximum absolute atomic E-state index is 13.9. The predicted molar refractivity (Wildman–Crippen MR) is 131 cm³/mol. The van der Waals surface area contributed by atoms with E-state index in [1.165, 1.54) is 56.9 Å². The summed E-state index contributed by atoms with van der Waals surface area (Å²) in [6.45, 7) is 6.36. The fourth-order valence-corrected chi connectivity index (χ4v) is 6.26. The van der Waals surface area contributed by atoms with Crippen molar-refractivity contribution in [3.05, 3.63) is 71.6 Å².